The van der Waals surface area contributed by atoms with Crippen molar-refractivity contribution >= 4 is 17.5 Å². The van der Waals surface area contributed by atoms with E-state index in [2.05, 4.69) is 10.6 Å². The number of hydrogen-bond donors (Lipinski definition) is 3. The molecule has 32 heavy (non-hydrogen) atoms. The maximum atomic E-state index is 13.8. The summed E-state index contributed by atoms with van der Waals surface area (Å²) in [6, 6.07) is 18.4. The maximum absolute atomic E-state index is 13.8. The molecule has 1 aromatic heterocycles. The molecular weight excluding hydrogens is 413 g/mol. The molecule has 8 heteroatoms. The van der Waals surface area contributed by atoms with Gasteiger partial charge in [0.2, 0.25) is 5.91 Å². The number of nitrogens with one attached hydrogen (secondary N) is 2. The second-order valence-corrected chi connectivity index (χ2v) is 7.80. The molecule has 7 nitrogen and oxygen atoms in total. The molecule has 3 aromatic rings. The minimum atomic E-state index is -1.04. The largest absolute Gasteiger partial charge is 0.459 e. The number of anilines is 1. The fraction of sp³-hybridized carbons (Fsp3) is 0.250. The Kier molecular flexibility index (Phi) is 6.34. The van der Waals surface area contributed by atoms with Gasteiger partial charge in [-0.25, -0.2) is 4.39 Å². The average molecular weight is 437 g/mol. The second-order valence-electron chi connectivity index (χ2n) is 7.80. The van der Waals surface area contributed by atoms with E-state index in [4.69, 9.17) is 4.42 Å². The third-order valence-corrected chi connectivity index (χ3v) is 5.71. The molecule has 0 radical (unpaired) electrons. The topological polar surface area (TPSA) is 94.8 Å². The van der Waals surface area contributed by atoms with Crippen LogP contribution in [0.25, 0.3) is 0 Å². The molecule has 1 fully saturated rings. The van der Waals surface area contributed by atoms with E-state index >= 15 is 0 Å². The molecule has 2 amide bonds. The molecule has 166 valence electrons. The summed E-state index contributed by atoms with van der Waals surface area (Å²) >= 11 is 0. The van der Waals surface area contributed by atoms with Crippen LogP contribution in [0.3, 0.4) is 0 Å². The summed E-state index contributed by atoms with van der Waals surface area (Å²) in [6.45, 7) is 0.579. The number of furan rings is 1. The zero-order valence-electron chi connectivity index (χ0n) is 17.3. The SMILES string of the molecule is O=C(CN1CC[C@](NC(=O)c2ccco2)(c2ccccc2)[C@H](O)C1)Nc1ccccc1F. The summed E-state index contributed by atoms with van der Waals surface area (Å²) in [6.07, 6.45) is 0.799. The van der Waals surface area contributed by atoms with E-state index in [9.17, 15) is 19.1 Å². The van der Waals surface area contributed by atoms with Crippen molar-refractivity contribution in [3.05, 3.63) is 90.1 Å². The van der Waals surface area contributed by atoms with Crippen LogP contribution in [-0.4, -0.2) is 47.6 Å². The molecule has 3 N–H and O–H groups in total. The summed E-state index contributed by atoms with van der Waals surface area (Å²) in [5.74, 6) is -1.17. The highest BCUT2D eigenvalue weighted by Gasteiger charge is 2.45. The van der Waals surface area contributed by atoms with Crippen LogP contribution in [0.1, 0.15) is 22.5 Å². The number of rotatable bonds is 6. The van der Waals surface area contributed by atoms with Crippen LogP contribution < -0.4 is 10.6 Å². The first-order valence-corrected chi connectivity index (χ1v) is 10.3. The lowest BCUT2D eigenvalue weighted by molar-refractivity contribution is -0.118. The van der Waals surface area contributed by atoms with E-state index in [1.54, 1.807) is 29.2 Å². The summed E-state index contributed by atoms with van der Waals surface area (Å²) in [7, 11) is 0. The van der Waals surface area contributed by atoms with Crippen molar-refractivity contribution in [2.24, 2.45) is 0 Å². The van der Waals surface area contributed by atoms with E-state index in [0.29, 0.717) is 13.0 Å². The van der Waals surface area contributed by atoms with Crippen molar-refractivity contribution in [1.29, 1.82) is 0 Å². The highest BCUT2D eigenvalue weighted by atomic mass is 19.1. The number of carbonyl (C=O) groups excluding carboxylic acids is 2. The molecule has 1 saturated heterocycles. The standard InChI is InChI=1S/C24H24FN3O4/c25-18-9-4-5-10-19(18)26-22(30)16-28-13-12-24(21(29)15-28,17-7-2-1-3-8-17)27-23(31)20-11-6-14-32-20/h1-11,14,21,29H,12-13,15-16H2,(H,26,30)(H,27,31)/t21-,24+/m1/s1. The molecule has 1 aliphatic heterocycles. The quantitative estimate of drug-likeness (QED) is 0.551. The van der Waals surface area contributed by atoms with Gasteiger partial charge in [0.25, 0.3) is 5.91 Å². The zero-order valence-corrected chi connectivity index (χ0v) is 17.3. The maximum Gasteiger partial charge on any atom is 0.287 e. The lowest BCUT2D eigenvalue weighted by atomic mass is 9.78. The number of aliphatic hydroxyl groups is 1. The van der Waals surface area contributed by atoms with Crippen LogP contribution in [-0.2, 0) is 10.3 Å². The fourth-order valence-electron chi connectivity index (χ4n) is 4.05. The number of halogens is 1. The first-order valence-electron chi connectivity index (χ1n) is 10.3. The molecule has 0 bridgehead atoms. The van der Waals surface area contributed by atoms with Gasteiger partial charge < -0.3 is 20.2 Å². The fourth-order valence-corrected chi connectivity index (χ4v) is 4.05. The number of carbonyl (C=O) groups is 2. The minimum Gasteiger partial charge on any atom is -0.459 e. The zero-order chi connectivity index (χ0) is 22.6. The third kappa shape index (κ3) is 4.56. The predicted molar refractivity (Wildman–Crippen MR) is 116 cm³/mol. The molecule has 2 heterocycles. The third-order valence-electron chi connectivity index (χ3n) is 5.71. The van der Waals surface area contributed by atoms with E-state index in [1.165, 1.54) is 18.4 Å². The molecule has 0 unspecified atom stereocenters. The van der Waals surface area contributed by atoms with Gasteiger partial charge in [-0.1, -0.05) is 42.5 Å². The van der Waals surface area contributed by atoms with Crippen molar-refractivity contribution < 1.29 is 23.5 Å². The van der Waals surface area contributed by atoms with Crippen LogP contribution >= 0.6 is 0 Å². The normalized spacial score (nSPS) is 21.1. The van der Waals surface area contributed by atoms with Crippen molar-refractivity contribution in [2.45, 2.75) is 18.1 Å². The molecule has 4 rings (SSSR count). The molecule has 1 aliphatic rings. The lowest BCUT2D eigenvalue weighted by Crippen LogP contribution is -2.62. The number of hydrogen-bond acceptors (Lipinski definition) is 5. The number of β-amino-alcohol motifs (C(OH)–C–C–N with tert-alkyl or cyclic N) is 1. The monoisotopic (exact) mass is 437 g/mol. The second kappa shape index (κ2) is 9.33. The van der Waals surface area contributed by atoms with Crippen molar-refractivity contribution in [3.63, 3.8) is 0 Å². The number of piperidine rings is 1. The van der Waals surface area contributed by atoms with Gasteiger partial charge in [-0.15, -0.1) is 0 Å². The molecular formula is C24H24FN3O4. The molecule has 2 aromatic carbocycles. The summed E-state index contributed by atoms with van der Waals surface area (Å²) in [4.78, 5) is 27.0. The number of benzene rings is 2. The Hall–Kier alpha value is -3.49. The first kappa shape index (κ1) is 21.7. The van der Waals surface area contributed by atoms with Gasteiger partial charge in [0.1, 0.15) is 5.82 Å². The molecule has 2 atom stereocenters. The number of likely N-dealkylation sites (tertiary alicyclic amines) is 1. The van der Waals surface area contributed by atoms with Crippen molar-refractivity contribution in [3.8, 4) is 0 Å². The Morgan fingerprint density at radius 2 is 1.84 bits per heavy atom. The van der Waals surface area contributed by atoms with E-state index in [1.807, 2.05) is 30.3 Å². The number of aliphatic hydroxyl groups excluding tert-OH is 1. The van der Waals surface area contributed by atoms with Crippen LogP contribution in [0, 0.1) is 5.82 Å². The van der Waals surface area contributed by atoms with Gasteiger partial charge in [-0.3, -0.25) is 14.5 Å². The highest BCUT2D eigenvalue weighted by molar-refractivity contribution is 5.93. The Morgan fingerprint density at radius 3 is 2.53 bits per heavy atom. The molecule has 0 aliphatic carbocycles. The summed E-state index contributed by atoms with van der Waals surface area (Å²) in [5.41, 5.74) is -0.161. The lowest BCUT2D eigenvalue weighted by Gasteiger charge is -2.46. The summed E-state index contributed by atoms with van der Waals surface area (Å²) < 4.78 is 19.0. The van der Waals surface area contributed by atoms with Gasteiger partial charge in [0.15, 0.2) is 5.76 Å². The Bertz CT molecular complexity index is 1070. The van der Waals surface area contributed by atoms with Gasteiger partial charge >= 0.3 is 0 Å². The van der Waals surface area contributed by atoms with Gasteiger partial charge in [-0.05, 0) is 36.2 Å². The van der Waals surface area contributed by atoms with Gasteiger partial charge in [-0.2, -0.15) is 0 Å². The highest BCUT2D eigenvalue weighted by Crippen LogP contribution is 2.34. The Morgan fingerprint density at radius 1 is 1.09 bits per heavy atom. The van der Waals surface area contributed by atoms with E-state index in [0.717, 1.165) is 5.56 Å². The van der Waals surface area contributed by atoms with Gasteiger partial charge in [0.05, 0.1) is 30.1 Å². The average Bonchev–Trinajstić information content (AvgIpc) is 3.33. The Balaban J connectivity index is 1.48. The van der Waals surface area contributed by atoms with E-state index in [-0.39, 0.29) is 30.4 Å². The first-order chi connectivity index (χ1) is 15.5. The smallest absolute Gasteiger partial charge is 0.287 e. The number of para-hydroxylation sites is 1. The minimum absolute atomic E-state index is 0.0115. The summed E-state index contributed by atoms with van der Waals surface area (Å²) in [5, 5.41) is 16.7. The Labute approximate surface area is 184 Å². The van der Waals surface area contributed by atoms with Crippen LogP contribution in [0.2, 0.25) is 0 Å². The van der Waals surface area contributed by atoms with Gasteiger partial charge in [0, 0.05) is 13.1 Å². The number of amides is 2. The molecule has 0 saturated carbocycles. The van der Waals surface area contributed by atoms with E-state index < -0.39 is 23.4 Å². The van der Waals surface area contributed by atoms with Crippen LogP contribution in [0.4, 0.5) is 10.1 Å². The van der Waals surface area contributed by atoms with Crippen molar-refractivity contribution in [1.82, 2.24) is 10.2 Å². The molecule has 0 spiro atoms. The number of nitrogens with zero attached hydrogens (tertiary/aromatic N) is 1. The van der Waals surface area contributed by atoms with Crippen LogP contribution in [0.5, 0.6) is 0 Å². The predicted octanol–water partition coefficient (Wildman–Crippen LogP) is 2.75. The van der Waals surface area contributed by atoms with Crippen LogP contribution in [0.15, 0.2) is 77.4 Å². The van der Waals surface area contributed by atoms with Crippen molar-refractivity contribution in [2.75, 3.05) is 25.0 Å².